The van der Waals surface area contributed by atoms with E-state index >= 15 is 0 Å². The number of halogens is 6. The van der Waals surface area contributed by atoms with E-state index in [4.69, 9.17) is 84.8 Å². The van der Waals surface area contributed by atoms with Crippen LogP contribution in [0.2, 0.25) is 30.1 Å². The monoisotopic (exact) mass is 949 g/mol. The van der Waals surface area contributed by atoms with Crippen LogP contribution in [0.3, 0.4) is 0 Å². The van der Waals surface area contributed by atoms with Crippen LogP contribution in [0.1, 0.15) is 60.8 Å². The topological polar surface area (TPSA) is 74.3 Å². The molecule has 0 aliphatic heterocycles. The maximum atomic E-state index is 6.57. The molecule has 60 heavy (non-hydrogen) atoms. The highest BCUT2D eigenvalue weighted by Crippen LogP contribution is 2.41. The number of aromatic nitrogens is 7. The Balaban J connectivity index is 0.000000167. The summed E-state index contributed by atoms with van der Waals surface area (Å²) in [7, 11) is 0. The third kappa shape index (κ3) is 8.66. The molecule has 8 aromatic rings. The van der Waals surface area contributed by atoms with Gasteiger partial charge in [-0.05, 0) is 93.3 Å². The van der Waals surface area contributed by atoms with E-state index in [-0.39, 0.29) is 5.41 Å². The van der Waals surface area contributed by atoms with Crippen molar-refractivity contribution >= 4 is 92.3 Å². The van der Waals surface area contributed by atoms with Gasteiger partial charge in [0.15, 0.2) is 5.01 Å². The second-order valence-corrected chi connectivity index (χ2v) is 19.9. The van der Waals surface area contributed by atoms with E-state index in [9.17, 15) is 0 Å². The van der Waals surface area contributed by atoms with Gasteiger partial charge < -0.3 is 0 Å². The molecule has 0 bridgehead atoms. The summed E-state index contributed by atoms with van der Waals surface area (Å²) in [5.41, 5.74) is 10.4. The largest absolute Gasteiger partial charge is 0.239 e. The lowest BCUT2D eigenvalue weighted by molar-refractivity contribution is 0.578. The van der Waals surface area contributed by atoms with Crippen molar-refractivity contribution in [1.29, 1.82) is 0 Å². The molecule has 15 heteroatoms. The van der Waals surface area contributed by atoms with E-state index in [1.54, 1.807) is 34.8 Å². The fourth-order valence-electron chi connectivity index (χ4n) is 7.08. The van der Waals surface area contributed by atoms with Crippen molar-refractivity contribution in [3.05, 3.63) is 142 Å². The molecule has 4 aromatic carbocycles. The van der Waals surface area contributed by atoms with Gasteiger partial charge in [-0.3, -0.25) is 0 Å². The van der Waals surface area contributed by atoms with Crippen molar-refractivity contribution < 1.29 is 0 Å². The van der Waals surface area contributed by atoms with Crippen LogP contribution in [0.25, 0.3) is 55.3 Å². The number of nitrogens with zero attached hydrogens (tertiary/aromatic N) is 7. The van der Waals surface area contributed by atoms with Crippen LogP contribution in [0, 0.1) is 6.92 Å². The summed E-state index contributed by atoms with van der Waals surface area (Å²) in [5.74, 6) is 0. The van der Waals surface area contributed by atoms with Crippen molar-refractivity contribution in [2.24, 2.45) is 0 Å². The van der Waals surface area contributed by atoms with Gasteiger partial charge in [0, 0.05) is 52.6 Å². The van der Waals surface area contributed by atoms with E-state index in [1.807, 2.05) is 82.2 Å². The standard InChI is InChI=1S/C23H21Cl3N4S.C22H16Cl3N3S/c1-5-16-19(21-27-28-22(31-21)23(2,3)4)29-30(18-11-10-15(25)12-17(18)26)20(16)13-6-8-14(24)9-7-13;1-12-20(22-26-17-3-2-4-19(17)29-22)27-28(18-10-9-15(24)11-16(18)25)21(12)13-5-7-14(23)8-6-13/h6-12H,5H2,1-4H3;5-11H,2-4H2,1H3. The zero-order chi connectivity index (χ0) is 42.5. The maximum Gasteiger partial charge on any atom is 0.168 e. The molecule has 0 N–H and O–H groups in total. The lowest BCUT2D eigenvalue weighted by Crippen LogP contribution is -2.10. The summed E-state index contributed by atoms with van der Waals surface area (Å²) in [6.07, 6.45) is 4.12. The van der Waals surface area contributed by atoms with Gasteiger partial charge in [0.25, 0.3) is 0 Å². The third-order valence-corrected chi connectivity index (χ3v) is 14.1. The molecule has 0 saturated carbocycles. The summed E-state index contributed by atoms with van der Waals surface area (Å²) in [4.78, 5) is 6.26. The average molecular weight is 953 g/mol. The first-order valence-corrected chi connectivity index (χ1v) is 23.1. The molecule has 0 spiro atoms. The summed E-state index contributed by atoms with van der Waals surface area (Å²) >= 11 is 40.9. The van der Waals surface area contributed by atoms with Crippen molar-refractivity contribution in [3.8, 4) is 55.3 Å². The lowest BCUT2D eigenvalue weighted by Gasteiger charge is -2.12. The Morgan fingerprint density at radius 1 is 0.617 bits per heavy atom. The molecular formula is C45H37Cl6N7S2. The normalized spacial score (nSPS) is 12.4. The minimum absolute atomic E-state index is 0.0800. The molecule has 1 aliphatic carbocycles. The third-order valence-electron chi connectivity index (χ3n) is 10.0. The number of fused-ring (bicyclic) bond motifs is 1. The lowest BCUT2D eigenvalue weighted by atomic mass is 9.98. The van der Waals surface area contributed by atoms with Gasteiger partial charge >= 0.3 is 0 Å². The highest BCUT2D eigenvalue weighted by Gasteiger charge is 2.27. The van der Waals surface area contributed by atoms with Crippen LogP contribution < -0.4 is 0 Å². The summed E-state index contributed by atoms with van der Waals surface area (Å²) in [6, 6.07) is 26.3. The van der Waals surface area contributed by atoms with Gasteiger partial charge in [0.05, 0.1) is 38.5 Å². The summed E-state index contributed by atoms with van der Waals surface area (Å²) in [5, 5.41) is 25.1. The van der Waals surface area contributed by atoms with Gasteiger partial charge in [-0.25, -0.2) is 14.3 Å². The number of hydrogen-bond acceptors (Lipinski definition) is 7. The average Bonchev–Trinajstić information content (AvgIpc) is 4.04. The van der Waals surface area contributed by atoms with E-state index in [2.05, 4.69) is 44.8 Å². The molecule has 0 unspecified atom stereocenters. The first kappa shape index (κ1) is 42.9. The summed E-state index contributed by atoms with van der Waals surface area (Å²) < 4.78 is 3.76. The first-order chi connectivity index (χ1) is 28.7. The predicted octanol–water partition coefficient (Wildman–Crippen LogP) is 15.3. The van der Waals surface area contributed by atoms with Crippen LogP contribution in [-0.2, 0) is 24.7 Å². The van der Waals surface area contributed by atoms with E-state index in [0.717, 1.165) is 90.7 Å². The number of thiazole rings is 1. The van der Waals surface area contributed by atoms with Gasteiger partial charge in [-0.15, -0.1) is 21.5 Å². The Hall–Kier alpha value is -3.77. The molecule has 1 aliphatic rings. The van der Waals surface area contributed by atoms with Gasteiger partial charge in [-0.2, -0.15) is 10.2 Å². The van der Waals surface area contributed by atoms with Gasteiger partial charge in [-0.1, -0.05) is 133 Å². The molecular weight excluding hydrogens is 915 g/mol. The Kier molecular flexibility index (Phi) is 12.5. The second kappa shape index (κ2) is 17.5. The van der Waals surface area contributed by atoms with E-state index in [1.165, 1.54) is 17.0 Å². The van der Waals surface area contributed by atoms with Gasteiger partial charge in [0.1, 0.15) is 21.4 Å². The zero-order valence-corrected chi connectivity index (χ0v) is 39.3. The SMILES string of the molecule is CCc1c(-c2nnc(C(C)(C)C)s2)nn(-c2ccc(Cl)cc2Cl)c1-c1ccc(Cl)cc1.Cc1c(-c2nc3c(s2)CCC3)nn(-c2ccc(Cl)cc2Cl)c1-c1ccc(Cl)cc1. The second-order valence-electron chi connectivity index (χ2n) is 15.3. The maximum absolute atomic E-state index is 6.57. The number of aryl methyl sites for hydroxylation is 2. The van der Waals surface area contributed by atoms with Crippen molar-refractivity contribution in [1.82, 2.24) is 34.7 Å². The van der Waals surface area contributed by atoms with Crippen LogP contribution in [-0.4, -0.2) is 34.7 Å². The minimum atomic E-state index is -0.0800. The van der Waals surface area contributed by atoms with Crippen LogP contribution in [0.15, 0.2) is 84.9 Å². The quantitative estimate of drug-likeness (QED) is 0.159. The van der Waals surface area contributed by atoms with Crippen LogP contribution in [0.5, 0.6) is 0 Å². The van der Waals surface area contributed by atoms with Crippen molar-refractivity contribution in [2.75, 3.05) is 0 Å². The van der Waals surface area contributed by atoms with Gasteiger partial charge in [0.2, 0.25) is 0 Å². The van der Waals surface area contributed by atoms with E-state index < -0.39 is 0 Å². The molecule has 0 saturated heterocycles. The molecule has 4 heterocycles. The Bertz CT molecular complexity index is 2830. The number of benzene rings is 4. The zero-order valence-electron chi connectivity index (χ0n) is 33.1. The minimum Gasteiger partial charge on any atom is -0.239 e. The smallest absolute Gasteiger partial charge is 0.168 e. The highest BCUT2D eigenvalue weighted by molar-refractivity contribution is 7.15. The Labute approximate surface area is 386 Å². The van der Waals surface area contributed by atoms with Crippen LogP contribution in [0.4, 0.5) is 0 Å². The highest BCUT2D eigenvalue weighted by atomic mass is 35.5. The molecule has 0 atom stereocenters. The Morgan fingerprint density at radius 3 is 1.67 bits per heavy atom. The van der Waals surface area contributed by atoms with Crippen molar-refractivity contribution in [2.45, 2.75) is 65.7 Å². The number of rotatable bonds is 7. The molecule has 0 amide bonds. The fraction of sp³-hybridized carbons (Fsp3) is 0.222. The van der Waals surface area contributed by atoms with E-state index in [0.29, 0.717) is 30.1 Å². The van der Waals surface area contributed by atoms with Crippen LogP contribution >= 0.6 is 92.3 Å². The summed E-state index contributed by atoms with van der Waals surface area (Å²) in [6.45, 7) is 10.6. The molecule has 9 rings (SSSR count). The number of hydrogen-bond donors (Lipinski definition) is 0. The predicted molar refractivity (Wildman–Crippen MR) is 253 cm³/mol. The molecule has 306 valence electrons. The molecule has 0 radical (unpaired) electrons. The molecule has 0 fully saturated rings. The molecule has 7 nitrogen and oxygen atoms in total. The van der Waals surface area contributed by atoms with Crippen molar-refractivity contribution in [3.63, 3.8) is 0 Å². The molecule has 4 aromatic heterocycles. The first-order valence-electron chi connectivity index (χ1n) is 19.2. The Morgan fingerprint density at radius 2 is 1.15 bits per heavy atom. The fourth-order valence-corrected chi connectivity index (χ4v) is 10.4.